The molecule has 0 radical (unpaired) electrons. The summed E-state index contributed by atoms with van der Waals surface area (Å²) in [5.74, 6) is -0.523. The van der Waals surface area contributed by atoms with E-state index in [4.69, 9.17) is 0 Å². The van der Waals surface area contributed by atoms with E-state index in [2.05, 4.69) is 5.32 Å². The summed E-state index contributed by atoms with van der Waals surface area (Å²) in [4.78, 5) is 11.1. The van der Waals surface area contributed by atoms with E-state index in [1.54, 1.807) is 0 Å². The summed E-state index contributed by atoms with van der Waals surface area (Å²) in [5, 5.41) is 5.12. The van der Waals surface area contributed by atoms with E-state index in [-0.39, 0.29) is 12.5 Å². The van der Waals surface area contributed by atoms with Crippen LogP contribution in [0.1, 0.15) is 32.1 Å². The number of halogens is 3. The Balaban J connectivity index is 2.09. The number of hydrogen-bond donors (Lipinski definition) is 2. The smallest absolute Gasteiger partial charge is 0.347 e. The van der Waals surface area contributed by atoms with Gasteiger partial charge in [-0.25, -0.2) is 0 Å². The van der Waals surface area contributed by atoms with Crippen molar-refractivity contribution in [2.24, 2.45) is 0 Å². The van der Waals surface area contributed by atoms with Gasteiger partial charge in [0.25, 0.3) is 0 Å². The van der Waals surface area contributed by atoms with Crippen LogP contribution < -0.4 is 10.6 Å². The van der Waals surface area contributed by atoms with E-state index in [1.165, 1.54) is 0 Å². The van der Waals surface area contributed by atoms with Crippen LogP contribution in [0, 0.1) is 0 Å². The molecule has 1 unspecified atom stereocenters. The minimum absolute atomic E-state index is 0.160. The Kier molecular flexibility index (Phi) is 5.05. The van der Waals surface area contributed by atoms with Crippen molar-refractivity contribution in [1.29, 1.82) is 0 Å². The highest BCUT2D eigenvalue weighted by atomic mass is 19.4. The molecule has 2 N–H and O–H groups in total. The third-order valence-electron chi connectivity index (χ3n) is 2.62. The van der Waals surface area contributed by atoms with Gasteiger partial charge in [0, 0.05) is 12.5 Å². The number of amides is 1. The third-order valence-corrected chi connectivity index (χ3v) is 2.62. The second kappa shape index (κ2) is 6.08. The highest BCUT2D eigenvalue weighted by Crippen LogP contribution is 2.13. The van der Waals surface area contributed by atoms with Gasteiger partial charge in [-0.1, -0.05) is 6.42 Å². The fraction of sp³-hybridized carbons (Fsp3) is 0.900. The molecule has 1 saturated heterocycles. The van der Waals surface area contributed by atoms with Crippen molar-refractivity contribution in [3.63, 3.8) is 0 Å². The summed E-state index contributed by atoms with van der Waals surface area (Å²) in [7, 11) is 0. The van der Waals surface area contributed by atoms with Crippen molar-refractivity contribution < 1.29 is 18.0 Å². The zero-order chi connectivity index (χ0) is 12.0. The van der Waals surface area contributed by atoms with Crippen molar-refractivity contribution in [2.75, 3.05) is 13.1 Å². The molecule has 16 heavy (non-hydrogen) atoms. The monoisotopic (exact) mass is 238 g/mol. The first-order valence-corrected chi connectivity index (χ1v) is 5.54. The molecule has 3 nitrogen and oxygen atoms in total. The lowest BCUT2D eigenvalue weighted by Gasteiger charge is -2.23. The van der Waals surface area contributed by atoms with Crippen LogP contribution in [0.4, 0.5) is 13.2 Å². The molecule has 0 spiro atoms. The Morgan fingerprint density at radius 1 is 1.38 bits per heavy atom. The number of carbonyl (C=O) groups excluding carboxylic acids is 1. The summed E-state index contributed by atoms with van der Waals surface area (Å²) < 4.78 is 35.4. The third kappa shape index (κ3) is 5.95. The first kappa shape index (κ1) is 13.3. The molecule has 0 aromatic rings. The van der Waals surface area contributed by atoms with Crippen LogP contribution in [-0.2, 0) is 4.79 Å². The average molecular weight is 238 g/mol. The molecular weight excluding hydrogens is 221 g/mol. The molecule has 6 heteroatoms. The van der Waals surface area contributed by atoms with Crippen LogP contribution in [0.2, 0.25) is 0 Å². The van der Waals surface area contributed by atoms with Gasteiger partial charge >= 0.3 is 6.18 Å². The lowest BCUT2D eigenvalue weighted by Crippen LogP contribution is -2.37. The highest BCUT2D eigenvalue weighted by Gasteiger charge is 2.27. The minimum atomic E-state index is -4.32. The molecule has 1 rings (SSSR count). The Morgan fingerprint density at radius 3 is 2.69 bits per heavy atom. The number of alkyl halides is 3. The van der Waals surface area contributed by atoms with Crippen molar-refractivity contribution in [1.82, 2.24) is 10.6 Å². The summed E-state index contributed by atoms with van der Waals surface area (Å²) in [6, 6.07) is 0.283. The maximum absolute atomic E-state index is 11.8. The normalized spacial score (nSPS) is 21.8. The van der Waals surface area contributed by atoms with Crippen LogP contribution in [0.25, 0.3) is 0 Å². The molecular formula is C10H17F3N2O. The van der Waals surface area contributed by atoms with Crippen LogP contribution in [0.3, 0.4) is 0 Å². The van der Waals surface area contributed by atoms with E-state index in [1.807, 2.05) is 5.32 Å². The SMILES string of the molecule is O=C(CCC1CCCCN1)NCC(F)(F)F. The Labute approximate surface area is 92.8 Å². The van der Waals surface area contributed by atoms with Gasteiger partial charge in [-0.15, -0.1) is 0 Å². The largest absolute Gasteiger partial charge is 0.405 e. The number of rotatable bonds is 4. The lowest BCUT2D eigenvalue weighted by atomic mass is 10.0. The van der Waals surface area contributed by atoms with Gasteiger partial charge in [0.2, 0.25) is 5.91 Å². The van der Waals surface area contributed by atoms with Crippen LogP contribution in [0.5, 0.6) is 0 Å². The van der Waals surface area contributed by atoms with Gasteiger partial charge in [0.1, 0.15) is 6.54 Å². The van der Waals surface area contributed by atoms with Gasteiger partial charge < -0.3 is 10.6 Å². The fourth-order valence-electron chi connectivity index (χ4n) is 1.76. The van der Waals surface area contributed by atoms with Crippen molar-refractivity contribution in [2.45, 2.75) is 44.3 Å². The number of hydrogen-bond acceptors (Lipinski definition) is 2. The summed E-state index contributed by atoms with van der Waals surface area (Å²) in [6.45, 7) is -0.293. The molecule has 0 saturated carbocycles. The van der Waals surface area contributed by atoms with E-state index >= 15 is 0 Å². The molecule has 1 aliphatic rings. The van der Waals surface area contributed by atoms with E-state index in [9.17, 15) is 18.0 Å². The zero-order valence-corrected chi connectivity index (χ0v) is 9.07. The molecule has 1 heterocycles. The predicted molar refractivity (Wildman–Crippen MR) is 53.9 cm³/mol. The predicted octanol–water partition coefficient (Wildman–Crippen LogP) is 1.59. The lowest BCUT2D eigenvalue weighted by molar-refractivity contribution is -0.138. The molecule has 1 amide bonds. The standard InChI is InChI=1S/C10H17F3N2O/c11-10(12,13)7-15-9(16)5-4-8-3-1-2-6-14-8/h8,14H,1-7H2,(H,15,16). The van der Waals surface area contributed by atoms with Crippen molar-refractivity contribution >= 4 is 5.91 Å². The van der Waals surface area contributed by atoms with Gasteiger partial charge in [-0.2, -0.15) is 13.2 Å². The fourth-order valence-corrected chi connectivity index (χ4v) is 1.76. The summed E-state index contributed by atoms with van der Waals surface area (Å²) in [5.41, 5.74) is 0. The van der Waals surface area contributed by atoms with Gasteiger partial charge in [-0.3, -0.25) is 4.79 Å². The summed E-state index contributed by atoms with van der Waals surface area (Å²) in [6.07, 6.45) is -0.276. The summed E-state index contributed by atoms with van der Waals surface area (Å²) >= 11 is 0. The average Bonchev–Trinajstić information content (AvgIpc) is 2.24. The van der Waals surface area contributed by atoms with E-state index in [0.717, 1.165) is 25.8 Å². The maximum atomic E-state index is 11.8. The topological polar surface area (TPSA) is 41.1 Å². The van der Waals surface area contributed by atoms with Crippen molar-refractivity contribution in [3.8, 4) is 0 Å². The number of nitrogens with one attached hydrogen (secondary N) is 2. The zero-order valence-electron chi connectivity index (χ0n) is 9.07. The van der Waals surface area contributed by atoms with Crippen LogP contribution in [0.15, 0.2) is 0 Å². The van der Waals surface area contributed by atoms with Gasteiger partial charge in [-0.05, 0) is 25.8 Å². The molecule has 0 aliphatic carbocycles. The van der Waals surface area contributed by atoms with Gasteiger partial charge in [0.15, 0.2) is 0 Å². The Bertz CT molecular complexity index is 225. The van der Waals surface area contributed by atoms with Crippen molar-refractivity contribution in [3.05, 3.63) is 0 Å². The van der Waals surface area contributed by atoms with E-state index < -0.39 is 18.6 Å². The number of piperidine rings is 1. The first-order valence-electron chi connectivity index (χ1n) is 5.54. The highest BCUT2D eigenvalue weighted by molar-refractivity contribution is 5.75. The Morgan fingerprint density at radius 2 is 2.12 bits per heavy atom. The molecule has 94 valence electrons. The molecule has 0 bridgehead atoms. The maximum Gasteiger partial charge on any atom is 0.405 e. The number of carbonyl (C=O) groups is 1. The minimum Gasteiger partial charge on any atom is -0.347 e. The van der Waals surface area contributed by atoms with Crippen LogP contribution in [-0.4, -0.2) is 31.2 Å². The molecule has 1 fully saturated rings. The first-order chi connectivity index (χ1) is 7.47. The van der Waals surface area contributed by atoms with Crippen LogP contribution >= 0.6 is 0 Å². The molecule has 0 aromatic carbocycles. The molecule has 1 aliphatic heterocycles. The van der Waals surface area contributed by atoms with Gasteiger partial charge in [0.05, 0.1) is 0 Å². The molecule has 0 aromatic heterocycles. The second-order valence-corrected chi connectivity index (χ2v) is 4.08. The quantitative estimate of drug-likeness (QED) is 0.781. The molecule has 1 atom stereocenters. The second-order valence-electron chi connectivity index (χ2n) is 4.08. The Hall–Kier alpha value is -0.780. The van der Waals surface area contributed by atoms with E-state index in [0.29, 0.717) is 6.42 Å².